The molecule has 11 heteroatoms. The van der Waals surface area contributed by atoms with E-state index >= 15 is 0 Å². The van der Waals surface area contributed by atoms with Gasteiger partial charge in [-0.1, -0.05) is 18.2 Å². The number of amides is 4. The smallest absolute Gasteiger partial charge is 0.343 e. The Bertz CT molecular complexity index is 1490. The summed E-state index contributed by atoms with van der Waals surface area (Å²) in [4.78, 5) is 61.8. The molecule has 192 valence electrons. The number of esters is 1. The van der Waals surface area contributed by atoms with Gasteiger partial charge in [0.2, 0.25) is 0 Å². The van der Waals surface area contributed by atoms with Gasteiger partial charge in [0.1, 0.15) is 5.57 Å². The summed E-state index contributed by atoms with van der Waals surface area (Å²) in [7, 11) is 0. The number of nitrogens with zero attached hydrogens (tertiary/aromatic N) is 2. The van der Waals surface area contributed by atoms with Crippen LogP contribution in [0.4, 0.5) is 16.2 Å². The maximum Gasteiger partial charge on any atom is 0.343 e. The topological polar surface area (TPSA) is 145 Å². The molecule has 0 aromatic heterocycles. The van der Waals surface area contributed by atoms with Gasteiger partial charge in [0, 0.05) is 12.1 Å². The molecule has 1 N–H and O–H groups in total. The number of nitro groups is 1. The predicted molar refractivity (Wildman–Crippen MR) is 136 cm³/mol. The summed E-state index contributed by atoms with van der Waals surface area (Å²) < 4.78 is 11.0. The molecule has 1 aliphatic rings. The number of hydrogen-bond acceptors (Lipinski definition) is 8. The lowest BCUT2D eigenvalue weighted by Crippen LogP contribution is -2.54. The molecule has 0 saturated carbocycles. The molecule has 1 aliphatic heterocycles. The lowest BCUT2D eigenvalue weighted by molar-refractivity contribution is -0.384. The lowest BCUT2D eigenvalue weighted by atomic mass is 10.1. The zero-order valence-electron chi connectivity index (χ0n) is 20.3. The SMILES string of the molecule is CCOc1cc(/C=C2\C(=O)NC(=O)N(c3cccc(C)c3)C2=O)ccc1OC(=O)c1ccc([N+](=O)[O-])cc1. The molecule has 0 unspecified atom stereocenters. The summed E-state index contributed by atoms with van der Waals surface area (Å²) in [6, 6.07) is 15.2. The first kappa shape index (κ1) is 25.8. The number of anilines is 1. The second-order valence-corrected chi connectivity index (χ2v) is 8.13. The summed E-state index contributed by atoms with van der Waals surface area (Å²) in [6.07, 6.45) is 1.30. The third kappa shape index (κ3) is 5.41. The highest BCUT2D eigenvalue weighted by atomic mass is 16.6. The molecule has 38 heavy (non-hydrogen) atoms. The molecule has 4 amide bonds. The molecule has 0 radical (unpaired) electrons. The van der Waals surface area contributed by atoms with Gasteiger partial charge in [-0.05, 0) is 67.4 Å². The number of carbonyl (C=O) groups is 4. The van der Waals surface area contributed by atoms with E-state index < -0.39 is 28.7 Å². The number of nitrogens with one attached hydrogen (secondary N) is 1. The number of urea groups is 1. The van der Waals surface area contributed by atoms with Crippen molar-refractivity contribution in [3.05, 3.63) is 99.1 Å². The van der Waals surface area contributed by atoms with Crippen molar-refractivity contribution in [3.63, 3.8) is 0 Å². The lowest BCUT2D eigenvalue weighted by Gasteiger charge is -2.26. The Labute approximate surface area is 216 Å². The average molecular weight is 515 g/mol. The molecular weight excluding hydrogens is 494 g/mol. The Morgan fingerprint density at radius 1 is 1.03 bits per heavy atom. The molecule has 0 spiro atoms. The largest absolute Gasteiger partial charge is 0.490 e. The second-order valence-electron chi connectivity index (χ2n) is 8.13. The van der Waals surface area contributed by atoms with Gasteiger partial charge in [-0.25, -0.2) is 14.5 Å². The van der Waals surface area contributed by atoms with Gasteiger partial charge in [-0.15, -0.1) is 0 Å². The first-order chi connectivity index (χ1) is 18.2. The minimum atomic E-state index is -0.855. The number of carbonyl (C=O) groups excluding carboxylic acids is 4. The number of nitro benzene ring substituents is 1. The number of non-ortho nitro benzene ring substituents is 1. The normalized spacial score (nSPS) is 14.3. The minimum Gasteiger partial charge on any atom is -0.490 e. The number of ether oxygens (including phenoxy) is 2. The molecule has 1 heterocycles. The number of rotatable bonds is 7. The van der Waals surface area contributed by atoms with Crippen molar-refractivity contribution in [1.29, 1.82) is 0 Å². The number of hydrogen-bond donors (Lipinski definition) is 1. The van der Waals surface area contributed by atoms with Crippen molar-refractivity contribution in [2.75, 3.05) is 11.5 Å². The molecule has 4 rings (SSSR count). The monoisotopic (exact) mass is 515 g/mol. The van der Waals surface area contributed by atoms with E-state index in [0.717, 1.165) is 10.5 Å². The predicted octanol–water partition coefficient (Wildman–Crippen LogP) is 4.19. The zero-order chi connectivity index (χ0) is 27.4. The summed E-state index contributed by atoms with van der Waals surface area (Å²) in [6.45, 7) is 3.75. The summed E-state index contributed by atoms with van der Waals surface area (Å²) >= 11 is 0. The standard InChI is InChI=1S/C27H21N3O8/c1-3-37-23-15-17(7-12-22(23)38-26(33)18-8-10-19(11-9-18)30(35)36)14-21-24(31)28-27(34)29(25(21)32)20-6-4-5-16(2)13-20/h4-15H,3H2,1-2H3,(H,28,31,34)/b21-14+. The van der Waals surface area contributed by atoms with E-state index in [1.54, 1.807) is 25.1 Å². The Morgan fingerprint density at radius 3 is 2.42 bits per heavy atom. The van der Waals surface area contributed by atoms with Gasteiger partial charge in [-0.3, -0.25) is 25.0 Å². The minimum absolute atomic E-state index is 0.0633. The number of benzene rings is 3. The van der Waals surface area contributed by atoms with E-state index in [4.69, 9.17) is 9.47 Å². The van der Waals surface area contributed by atoms with Crippen LogP contribution >= 0.6 is 0 Å². The van der Waals surface area contributed by atoms with Gasteiger partial charge in [0.25, 0.3) is 17.5 Å². The Kier molecular flexibility index (Phi) is 7.28. The van der Waals surface area contributed by atoms with Gasteiger partial charge in [-0.2, -0.15) is 0 Å². The van der Waals surface area contributed by atoms with Gasteiger partial charge < -0.3 is 9.47 Å². The van der Waals surface area contributed by atoms with Crippen LogP contribution in [0.3, 0.4) is 0 Å². The highest BCUT2D eigenvalue weighted by Gasteiger charge is 2.36. The van der Waals surface area contributed by atoms with E-state index in [-0.39, 0.29) is 34.9 Å². The van der Waals surface area contributed by atoms with Crippen LogP contribution < -0.4 is 19.7 Å². The summed E-state index contributed by atoms with van der Waals surface area (Å²) in [5.41, 5.74) is 1.16. The molecule has 11 nitrogen and oxygen atoms in total. The van der Waals surface area contributed by atoms with E-state index in [9.17, 15) is 29.3 Å². The third-order valence-electron chi connectivity index (χ3n) is 5.46. The average Bonchev–Trinajstić information content (AvgIpc) is 2.88. The first-order valence-electron chi connectivity index (χ1n) is 11.4. The van der Waals surface area contributed by atoms with E-state index in [2.05, 4.69) is 5.32 Å². The van der Waals surface area contributed by atoms with E-state index in [1.165, 1.54) is 48.5 Å². The van der Waals surface area contributed by atoms with Crippen LogP contribution in [0.25, 0.3) is 6.08 Å². The van der Waals surface area contributed by atoms with E-state index in [0.29, 0.717) is 11.3 Å². The molecule has 3 aromatic carbocycles. The first-order valence-corrected chi connectivity index (χ1v) is 11.4. The second kappa shape index (κ2) is 10.7. The molecule has 3 aromatic rings. The van der Waals surface area contributed by atoms with Crippen molar-refractivity contribution in [2.24, 2.45) is 0 Å². The fourth-order valence-electron chi connectivity index (χ4n) is 3.67. The van der Waals surface area contributed by atoms with Crippen molar-refractivity contribution < 1.29 is 33.6 Å². The highest BCUT2D eigenvalue weighted by molar-refractivity contribution is 6.39. The molecule has 1 saturated heterocycles. The number of imide groups is 2. The summed E-state index contributed by atoms with van der Waals surface area (Å²) in [5, 5.41) is 13.0. The zero-order valence-corrected chi connectivity index (χ0v) is 20.3. The van der Waals surface area contributed by atoms with Crippen molar-refractivity contribution >= 4 is 41.3 Å². The maximum absolute atomic E-state index is 13.1. The number of aryl methyl sites for hydroxylation is 1. The Balaban J connectivity index is 1.62. The van der Waals surface area contributed by atoms with E-state index in [1.807, 2.05) is 13.0 Å². The van der Waals surface area contributed by atoms with Crippen molar-refractivity contribution in [1.82, 2.24) is 5.32 Å². The molecule has 0 atom stereocenters. The highest BCUT2D eigenvalue weighted by Crippen LogP contribution is 2.31. The van der Waals surface area contributed by atoms with Crippen LogP contribution in [0.15, 0.2) is 72.3 Å². The molecule has 0 aliphatic carbocycles. The van der Waals surface area contributed by atoms with Crippen LogP contribution in [0.2, 0.25) is 0 Å². The van der Waals surface area contributed by atoms with Gasteiger partial charge in [0.05, 0.1) is 22.8 Å². The summed E-state index contributed by atoms with van der Waals surface area (Å²) in [5.74, 6) is -2.19. The fourth-order valence-corrected chi connectivity index (χ4v) is 3.67. The number of barbiturate groups is 1. The van der Waals surface area contributed by atoms with Crippen molar-refractivity contribution in [3.8, 4) is 11.5 Å². The van der Waals surface area contributed by atoms with Crippen LogP contribution in [0.1, 0.15) is 28.4 Å². The molecule has 1 fully saturated rings. The third-order valence-corrected chi connectivity index (χ3v) is 5.46. The van der Waals surface area contributed by atoms with Crippen LogP contribution in [-0.2, 0) is 9.59 Å². The quantitative estimate of drug-likeness (QED) is 0.123. The molecule has 0 bridgehead atoms. The van der Waals surface area contributed by atoms with Gasteiger partial charge >= 0.3 is 12.0 Å². The van der Waals surface area contributed by atoms with Crippen LogP contribution in [-0.4, -0.2) is 35.3 Å². The fraction of sp³-hybridized carbons (Fsp3) is 0.111. The van der Waals surface area contributed by atoms with Crippen LogP contribution in [0.5, 0.6) is 11.5 Å². The maximum atomic E-state index is 13.1. The van der Waals surface area contributed by atoms with Gasteiger partial charge in [0.15, 0.2) is 11.5 Å². The van der Waals surface area contributed by atoms with Crippen molar-refractivity contribution in [2.45, 2.75) is 13.8 Å². The van der Waals surface area contributed by atoms with Crippen LogP contribution in [0, 0.1) is 17.0 Å². The Morgan fingerprint density at radius 2 is 1.76 bits per heavy atom. The molecular formula is C27H21N3O8. The Hall–Kier alpha value is -5.32.